The van der Waals surface area contributed by atoms with Gasteiger partial charge in [-0.3, -0.25) is 0 Å². The van der Waals surface area contributed by atoms with E-state index in [9.17, 15) is 0 Å². The van der Waals surface area contributed by atoms with Gasteiger partial charge in [0.15, 0.2) is 0 Å². The Kier molecular flexibility index (Phi) is 3.43. The van der Waals surface area contributed by atoms with E-state index in [0.29, 0.717) is 12.5 Å². The van der Waals surface area contributed by atoms with Gasteiger partial charge in [0.1, 0.15) is 11.5 Å². The summed E-state index contributed by atoms with van der Waals surface area (Å²) in [6, 6.07) is 3.93. The third-order valence-electron chi connectivity index (χ3n) is 1.99. The van der Waals surface area contributed by atoms with Crippen LogP contribution in [0.2, 0.25) is 5.28 Å². The fraction of sp³-hybridized carbons (Fsp3) is 0.300. The topological polar surface area (TPSA) is 73.1 Å². The quantitative estimate of drug-likeness (QED) is 0.900. The Morgan fingerprint density at radius 1 is 1.35 bits per heavy atom. The lowest BCUT2D eigenvalue weighted by molar-refractivity contribution is 0.378. The standard InChI is InChI=1S/C10H11ClN4O2/c1-6-3-4-7(17-6)5-12-9-13-8(11)14-10(15-9)16-2/h3-4H,5H2,1-2H3,(H,12,13,14,15). The number of nitrogens with zero attached hydrogens (tertiary/aromatic N) is 3. The molecule has 2 aromatic rings. The van der Waals surface area contributed by atoms with Crippen molar-refractivity contribution in [3.05, 3.63) is 28.9 Å². The molecule has 6 nitrogen and oxygen atoms in total. The summed E-state index contributed by atoms with van der Waals surface area (Å²) in [7, 11) is 1.46. The van der Waals surface area contributed by atoms with Gasteiger partial charge in [0.25, 0.3) is 0 Å². The van der Waals surface area contributed by atoms with Crippen LogP contribution < -0.4 is 10.1 Å². The fourth-order valence-corrected chi connectivity index (χ4v) is 1.40. The summed E-state index contributed by atoms with van der Waals surface area (Å²) in [5.74, 6) is 1.99. The van der Waals surface area contributed by atoms with Crippen LogP contribution in [0, 0.1) is 6.92 Å². The summed E-state index contributed by atoms with van der Waals surface area (Å²) in [5.41, 5.74) is 0. The monoisotopic (exact) mass is 254 g/mol. The van der Waals surface area contributed by atoms with Crippen LogP contribution in [0.5, 0.6) is 6.01 Å². The summed E-state index contributed by atoms with van der Waals surface area (Å²) in [4.78, 5) is 11.7. The number of aromatic nitrogens is 3. The molecule has 0 aromatic carbocycles. The van der Waals surface area contributed by atoms with Crippen molar-refractivity contribution in [1.29, 1.82) is 0 Å². The Morgan fingerprint density at radius 2 is 2.18 bits per heavy atom. The van der Waals surface area contributed by atoms with E-state index in [0.717, 1.165) is 11.5 Å². The molecule has 0 bridgehead atoms. The third kappa shape index (κ3) is 3.07. The largest absolute Gasteiger partial charge is 0.467 e. The predicted molar refractivity (Wildman–Crippen MR) is 62.2 cm³/mol. The molecule has 7 heteroatoms. The zero-order chi connectivity index (χ0) is 12.3. The highest BCUT2D eigenvalue weighted by atomic mass is 35.5. The first-order valence-corrected chi connectivity index (χ1v) is 5.30. The normalized spacial score (nSPS) is 10.3. The number of halogens is 1. The molecule has 0 radical (unpaired) electrons. The number of hydrogen-bond donors (Lipinski definition) is 1. The highest BCUT2D eigenvalue weighted by molar-refractivity contribution is 6.28. The highest BCUT2D eigenvalue weighted by Crippen LogP contribution is 2.12. The van der Waals surface area contributed by atoms with Gasteiger partial charge in [-0.1, -0.05) is 0 Å². The molecule has 2 aromatic heterocycles. The van der Waals surface area contributed by atoms with Gasteiger partial charge in [-0.15, -0.1) is 0 Å². The van der Waals surface area contributed by atoms with Gasteiger partial charge in [-0.25, -0.2) is 0 Å². The van der Waals surface area contributed by atoms with Crippen molar-refractivity contribution in [1.82, 2.24) is 15.0 Å². The van der Waals surface area contributed by atoms with Crippen LogP contribution in [0.3, 0.4) is 0 Å². The number of rotatable bonds is 4. The summed E-state index contributed by atoms with van der Waals surface area (Å²) in [5, 5.41) is 3.05. The van der Waals surface area contributed by atoms with Crippen LogP contribution >= 0.6 is 11.6 Å². The van der Waals surface area contributed by atoms with E-state index in [1.165, 1.54) is 7.11 Å². The molecule has 0 fully saturated rings. The van der Waals surface area contributed by atoms with Gasteiger partial charge in [-0.05, 0) is 30.7 Å². The molecule has 2 rings (SSSR count). The van der Waals surface area contributed by atoms with Crippen LogP contribution in [0.4, 0.5) is 5.95 Å². The first kappa shape index (κ1) is 11.7. The molecule has 2 heterocycles. The van der Waals surface area contributed by atoms with Crippen molar-refractivity contribution in [3.63, 3.8) is 0 Å². The molecule has 0 saturated carbocycles. The van der Waals surface area contributed by atoms with Crippen molar-refractivity contribution in [3.8, 4) is 6.01 Å². The Morgan fingerprint density at radius 3 is 2.82 bits per heavy atom. The van der Waals surface area contributed by atoms with Crippen molar-refractivity contribution < 1.29 is 9.15 Å². The lowest BCUT2D eigenvalue weighted by atomic mass is 10.4. The molecule has 90 valence electrons. The second-order valence-electron chi connectivity index (χ2n) is 3.28. The molecule has 0 aliphatic rings. The van der Waals surface area contributed by atoms with E-state index in [4.69, 9.17) is 20.8 Å². The number of ether oxygens (including phenoxy) is 1. The second-order valence-corrected chi connectivity index (χ2v) is 3.62. The molecular formula is C10H11ClN4O2. The molecule has 0 saturated heterocycles. The molecule has 1 N–H and O–H groups in total. The molecule has 0 atom stereocenters. The maximum atomic E-state index is 5.71. The number of furan rings is 1. The maximum Gasteiger partial charge on any atom is 0.322 e. The predicted octanol–water partition coefficient (Wildman–Crippen LogP) is 2.05. The first-order chi connectivity index (χ1) is 8.17. The minimum atomic E-state index is 0.0787. The number of aryl methyl sites for hydroxylation is 1. The number of anilines is 1. The number of methoxy groups -OCH3 is 1. The van der Waals surface area contributed by atoms with Crippen molar-refractivity contribution >= 4 is 17.5 Å². The Balaban J connectivity index is 2.05. The van der Waals surface area contributed by atoms with Crippen LogP contribution in [0.1, 0.15) is 11.5 Å². The summed E-state index contributed by atoms with van der Waals surface area (Å²) < 4.78 is 10.3. The number of nitrogens with one attached hydrogen (secondary N) is 1. The van der Waals surface area contributed by atoms with Gasteiger partial charge < -0.3 is 14.5 Å². The Hall–Kier alpha value is -1.82. The smallest absolute Gasteiger partial charge is 0.322 e. The second kappa shape index (κ2) is 5.01. The van der Waals surface area contributed by atoms with E-state index < -0.39 is 0 Å². The minimum Gasteiger partial charge on any atom is -0.467 e. The van der Waals surface area contributed by atoms with Crippen molar-refractivity contribution in [2.75, 3.05) is 12.4 Å². The van der Waals surface area contributed by atoms with Crippen molar-refractivity contribution in [2.45, 2.75) is 13.5 Å². The summed E-state index contributed by atoms with van der Waals surface area (Å²) in [6.07, 6.45) is 0. The van der Waals surface area contributed by atoms with Crippen LogP contribution in [0.15, 0.2) is 16.5 Å². The Labute approximate surface area is 103 Å². The lowest BCUT2D eigenvalue weighted by Gasteiger charge is -2.04. The SMILES string of the molecule is COc1nc(Cl)nc(NCc2ccc(C)o2)n1. The maximum absolute atomic E-state index is 5.71. The van der Waals surface area contributed by atoms with E-state index in [-0.39, 0.29) is 11.3 Å². The van der Waals surface area contributed by atoms with E-state index in [2.05, 4.69) is 20.3 Å². The molecule has 0 amide bonds. The van der Waals surface area contributed by atoms with Gasteiger partial charge in [0, 0.05) is 0 Å². The zero-order valence-electron chi connectivity index (χ0n) is 9.40. The summed E-state index contributed by atoms with van der Waals surface area (Å²) >= 11 is 5.71. The van der Waals surface area contributed by atoms with Gasteiger partial charge in [-0.2, -0.15) is 15.0 Å². The molecule has 0 aliphatic heterocycles. The molecule has 0 spiro atoms. The summed E-state index contributed by atoms with van der Waals surface area (Å²) in [6.45, 7) is 2.35. The van der Waals surface area contributed by atoms with Gasteiger partial charge in [0.05, 0.1) is 13.7 Å². The minimum absolute atomic E-state index is 0.0787. The third-order valence-corrected chi connectivity index (χ3v) is 2.16. The van der Waals surface area contributed by atoms with Crippen LogP contribution in [-0.2, 0) is 6.54 Å². The van der Waals surface area contributed by atoms with Crippen LogP contribution in [0.25, 0.3) is 0 Å². The van der Waals surface area contributed by atoms with Crippen molar-refractivity contribution in [2.24, 2.45) is 0 Å². The first-order valence-electron chi connectivity index (χ1n) is 4.92. The van der Waals surface area contributed by atoms with E-state index >= 15 is 0 Å². The average molecular weight is 255 g/mol. The molecule has 0 aliphatic carbocycles. The Bertz CT molecular complexity index is 515. The lowest BCUT2D eigenvalue weighted by Crippen LogP contribution is -2.05. The highest BCUT2D eigenvalue weighted by Gasteiger charge is 2.05. The zero-order valence-corrected chi connectivity index (χ0v) is 10.2. The number of hydrogen-bond acceptors (Lipinski definition) is 6. The van der Waals surface area contributed by atoms with Gasteiger partial charge >= 0.3 is 6.01 Å². The van der Waals surface area contributed by atoms with E-state index in [1.54, 1.807) is 0 Å². The average Bonchev–Trinajstić information content (AvgIpc) is 2.72. The van der Waals surface area contributed by atoms with E-state index in [1.807, 2.05) is 19.1 Å². The van der Waals surface area contributed by atoms with Crippen LogP contribution in [-0.4, -0.2) is 22.1 Å². The van der Waals surface area contributed by atoms with Gasteiger partial charge in [0.2, 0.25) is 11.2 Å². The molecule has 17 heavy (non-hydrogen) atoms. The fourth-order valence-electron chi connectivity index (χ4n) is 1.25. The molecule has 0 unspecified atom stereocenters. The molecular weight excluding hydrogens is 244 g/mol.